The van der Waals surface area contributed by atoms with Gasteiger partial charge >= 0.3 is 5.97 Å². The largest absolute Gasteiger partial charge is 0.465 e. The van der Waals surface area contributed by atoms with Crippen molar-refractivity contribution in [2.24, 2.45) is 5.73 Å². The van der Waals surface area contributed by atoms with Crippen molar-refractivity contribution in [2.45, 2.75) is 25.8 Å². The van der Waals surface area contributed by atoms with E-state index in [1.165, 1.54) is 7.11 Å². The minimum Gasteiger partial charge on any atom is -0.465 e. The van der Waals surface area contributed by atoms with Crippen molar-refractivity contribution in [3.05, 3.63) is 104 Å². The third-order valence-corrected chi connectivity index (χ3v) is 6.33. The van der Waals surface area contributed by atoms with Crippen molar-refractivity contribution < 1.29 is 19.1 Å². The average molecular weight is 457 g/mol. The van der Waals surface area contributed by atoms with E-state index in [0.29, 0.717) is 16.9 Å². The van der Waals surface area contributed by atoms with Crippen molar-refractivity contribution in [3.63, 3.8) is 0 Å². The number of anilines is 1. The number of benzene rings is 2. The number of para-hydroxylation sites is 1. The summed E-state index contributed by atoms with van der Waals surface area (Å²) in [6.45, 7) is 3.91. The molecule has 172 valence electrons. The molecule has 0 bridgehead atoms. The van der Waals surface area contributed by atoms with Gasteiger partial charge in [0.15, 0.2) is 0 Å². The lowest BCUT2D eigenvalue weighted by Crippen LogP contribution is -2.51. The fourth-order valence-corrected chi connectivity index (χ4v) is 5.02. The molecule has 0 saturated carbocycles. The molecule has 1 amide bonds. The van der Waals surface area contributed by atoms with E-state index >= 15 is 0 Å². The smallest absolute Gasteiger partial charge is 0.340 e. The normalized spacial score (nSPS) is 18.6. The summed E-state index contributed by atoms with van der Waals surface area (Å²) in [4.78, 5) is 45.2. The van der Waals surface area contributed by atoms with Crippen molar-refractivity contribution in [1.82, 2.24) is 4.98 Å². The number of nitrogens with two attached hydrogens (primary N) is 1. The highest BCUT2D eigenvalue weighted by Gasteiger charge is 2.62. The van der Waals surface area contributed by atoms with Gasteiger partial charge in [-0.2, -0.15) is 0 Å². The molecule has 0 radical (unpaired) electrons. The molecule has 1 unspecified atom stereocenters. The van der Waals surface area contributed by atoms with Crippen LogP contribution < -0.4 is 20.9 Å². The Hall–Kier alpha value is -4.33. The van der Waals surface area contributed by atoms with Crippen LogP contribution in [0.15, 0.2) is 70.8 Å². The standard InChI is InChI=1S/C26H23N3O5/c1-14-7-6-8-16(11-14)13-29-18-10-5-4-9-17(18)26(25(29)32)20-19(12-15(2)28-23(20)30)34-22(27)21(26)24(31)33-3/h4-12H,13,27H2,1-3H3,(H,28,30). The zero-order valence-electron chi connectivity index (χ0n) is 19.0. The van der Waals surface area contributed by atoms with Gasteiger partial charge in [-0.05, 0) is 25.5 Å². The summed E-state index contributed by atoms with van der Waals surface area (Å²) < 4.78 is 10.7. The molecular formula is C26H23N3O5. The number of carbonyl (C=O) groups is 2. The van der Waals surface area contributed by atoms with E-state index in [4.69, 9.17) is 15.2 Å². The van der Waals surface area contributed by atoms with Gasteiger partial charge in [0.2, 0.25) is 11.8 Å². The number of pyridine rings is 1. The number of methoxy groups -OCH3 is 1. The van der Waals surface area contributed by atoms with Crippen LogP contribution in [0.25, 0.3) is 0 Å². The minimum absolute atomic E-state index is 0.0110. The molecule has 8 nitrogen and oxygen atoms in total. The molecule has 34 heavy (non-hydrogen) atoms. The predicted octanol–water partition coefficient (Wildman–Crippen LogP) is 2.56. The number of hydrogen-bond acceptors (Lipinski definition) is 6. The number of nitrogens with zero attached hydrogens (tertiary/aromatic N) is 1. The molecule has 2 aliphatic heterocycles. The number of aryl methyl sites for hydroxylation is 2. The zero-order chi connectivity index (χ0) is 24.2. The highest BCUT2D eigenvalue weighted by molar-refractivity contribution is 6.18. The van der Waals surface area contributed by atoms with Crippen LogP contribution in [0, 0.1) is 13.8 Å². The number of esters is 1. The maximum Gasteiger partial charge on any atom is 0.340 e. The van der Waals surface area contributed by atoms with Crippen LogP contribution in [0.5, 0.6) is 5.75 Å². The van der Waals surface area contributed by atoms with E-state index in [0.717, 1.165) is 11.1 Å². The molecular weight excluding hydrogens is 434 g/mol. The fourth-order valence-electron chi connectivity index (χ4n) is 5.02. The second kappa shape index (κ2) is 7.62. The third-order valence-electron chi connectivity index (χ3n) is 6.33. The summed E-state index contributed by atoms with van der Waals surface area (Å²) in [5.41, 5.74) is 7.22. The molecule has 2 aliphatic rings. The summed E-state index contributed by atoms with van der Waals surface area (Å²) in [5, 5.41) is 0. The molecule has 1 spiro atoms. The Labute approximate surface area is 195 Å². The fraction of sp³-hybridized carbons (Fsp3) is 0.192. The van der Waals surface area contributed by atoms with Gasteiger partial charge in [0.05, 0.1) is 19.2 Å². The van der Waals surface area contributed by atoms with Gasteiger partial charge in [0.1, 0.15) is 16.7 Å². The van der Waals surface area contributed by atoms with Crippen molar-refractivity contribution >= 4 is 17.6 Å². The monoisotopic (exact) mass is 457 g/mol. The minimum atomic E-state index is -1.81. The number of aromatic nitrogens is 1. The lowest BCUT2D eigenvalue weighted by atomic mass is 9.68. The number of nitrogens with one attached hydrogen (secondary N) is 1. The SMILES string of the molecule is COC(=O)C1=C(N)Oc2cc(C)[nH]c(=O)c2C12C(=O)N(Cc1cccc(C)c1)c1ccccc12. The molecule has 5 rings (SSSR count). The van der Waals surface area contributed by atoms with Crippen LogP contribution >= 0.6 is 0 Å². The van der Waals surface area contributed by atoms with Crippen LogP contribution in [0.3, 0.4) is 0 Å². The van der Waals surface area contributed by atoms with Gasteiger partial charge in [-0.15, -0.1) is 0 Å². The number of carbonyl (C=O) groups excluding carboxylic acids is 2. The Morgan fingerprint density at radius 3 is 2.62 bits per heavy atom. The first-order valence-electron chi connectivity index (χ1n) is 10.8. The topological polar surface area (TPSA) is 115 Å². The molecule has 0 saturated heterocycles. The zero-order valence-corrected chi connectivity index (χ0v) is 19.0. The molecule has 2 aromatic carbocycles. The number of aromatic amines is 1. The number of H-pyrrole nitrogens is 1. The van der Waals surface area contributed by atoms with E-state index in [2.05, 4.69) is 4.98 Å². The maximum atomic E-state index is 14.4. The quantitative estimate of drug-likeness (QED) is 0.584. The van der Waals surface area contributed by atoms with E-state index < -0.39 is 22.9 Å². The summed E-state index contributed by atoms with van der Waals surface area (Å²) in [6, 6.07) is 16.5. The first-order chi connectivity index (χ1) is 16.3. The highest BCUT2D eigenvalue weighted by atomic mass is 16.5. The first-order valence-corrected chi connectivity index (χ1v) is 10.8. The van der Waals surface area contributed by atoms with Gasteiger partial charge in [-0.3, -0.25) is 9.59 Å². The molecule has 0 aliphatic carbocycles. The Morgan fingerprint density at radius 1 is 1.12 bits per heavy atom. The molecule has 1 aromatic heterocycles. The van der Waals surface area contributed by atoms with Gasteiger partial charge in [-0.1, -0.05) is 48.0 Å². The van der Waals surface area contributed by atoms with Crippen LogP contribution in [0.1, 0.15) is 27.9 Å². The first kappa shape index (κ1) is 21.5. The van der Waals surface area contributed by atoms with Crippen molar-refractivity contribution in [2.75, 3.05) is 12.0 Å². The average Bonchev–Trinajstić information content (AvgIpc) is 3.02. The molecule has 0 fully saturated rings. The van der Waals surface area contributed by atoms with Crippen LogP contribution in [-0.4, -0.2) is 24.0 Å². The van der Waals surface area contributed by atoms with Crippen LogP contribution in [0.2, 0.25) is 0 Å². The number of amides is 1. The van der Waals surface area contributed by atoms with E-state index in [1.54, 1.807) is 42.2 Å². The van der Waals surface area contributed by atoms with Gasteiger partial charge in [0, 0.05) is 23.0 Å². The van der Waals surface area contributed by atoms with Crippen molar-refractivity contribution in [3.8, 4) is 5.75 Å². The van der Waals surface area contributed by atoms with Crippen LogP contribution in [-0.2, 0) is 26.3 Å². The Bertz CT molecular complexity index is 1450. The number of hydrogen-bond donors (Lipinski definition) is 2. The van der Waals surface area contributed by atoms with E-state index in [-0.39, 0.29) is 29.3 Å². The van der Waals surface area contributed by atoms with Gasteiger partial charge in [0.25, 0.3) is 5.56 Å². The second-order valence-electron chi connectivity index (χ2n) is 8.50. The van der Waals surface area contributed by atoms with Gasteiger partial charge < -0.3 is 25.1 Å². The maximum absolute atomic E-state index is 14.4. The predicted molar refractivity (Wildman–Crippen MR) is 125 cm³/mol. The molecule has 8 heteroatoms. The summed E-state index contributed by atoms with van der Waals surface area (Å²) in [7, 11) is 1.20. The lowest BCUT2D eigenvalue weighted by molar-refractivity contribution is -0.138. The van der Waals surface area contributed by atoms with E-state index in [9.17, 15) is 14.4 Å². The number of rotatable bonds is 3. The molecule has 1 atom stereocenters. The molecule has 3 aromatic rings. The summed E-state index contributed by atoms with van der Waals surface area (Å²) in [5.74, 6) is -1.46. The summed E-state index contributed by atoms with van der Waals surface area (Å²) in [6.07, 6.45) is 0. The second-order valence-corrected chi connectivity index (χ2v) is 8.50. The lowest BCUT2D eigenvalue weighted by Gasteiger charge is -2.35. The Kier molecular flexibility index (Phi) is 4.82. The molecule has 3 N–H and O–H groups in total. The van der Waals surface area contributed by atoms with Crippen LogP contribution in [0.4, 0.5) is 5.69 Å². The van der Waals surface area contributed by atoms with E-state index in [1.807, 2.05) is 31.2 Å². The van der Waals surface area contributed by atoms with Gasteiger partial charge in [-0.25, -0.2) is 4.79 Å². The van der Waals surface area contributed by atoms with Crippen molar-refractivity contribution in [1.29, 1.82) is 0 Å². The highest BCUT2D eigenvalue weighted by Crippen LogP contribution is 2.54. The summed E-state index contributed by atoms with van der Waals surface area (Å²) >= 11 is 0. The Morgan fingerprint density at radius 2 is 1.88 bits per heavy atom. The Balaban J connectivity index is 1.84. The third kappa shape index (κ3) is 2.88. The molecule has 3 heterocycles. The number of ether oxygens (including phenoxy) is 2. The number of fused-ring (bicyclic) bond motifs is 4.